The SMILES string of the molecule is CCCCOCCNS(=O)(=O)c1csc(CNC2CC2)c1. The Morgan fingerprint density at radius 3 is 2.90 bits per heavy atom. The van der Waals surface area contributed by atoms with E-state index in [1.54, 1.807) is 11.4 Å². The lowest BCUT2D eigenvalue weighted by molar-refractivity contribution is 0.136. The van der Waals surface area contributed by atoms with Crippen LogP contribution >= 0.6 is 11.3 Å². The highest BCUT2D eigenvalue weighted by atomic mass is 32.2. The molecule has 1 aliphatic rings. The van der Waals surface area contributed by atoms with Crippen LogP contribution in [-0.4, -0.2) is 34.2 Å². The van der Waals surface area contributed by atoms with Crippen LogP contribution in [0.4, 0.5) is 0 Å². The minimum Gasteiger partial charge on any atom is -0.380 e. The van der Waals surface area contributed by atoms with Crippen molar-refractivity contribution in [2.45, 2.75) is 50.1 Å². The third-order valence-electron chi connectivity index (χ3n) is 3.26. The Kier molecular flexibility index (Phi) is 6.63. The maximum Gasteiger partial charge on any atom is 0.241 e. The van der Waals surface area contributed by atoms with E-state index in [4.69, 9.17) is 4.74 Å². The Balaban J connectivity index is 1.73. The maximum atomic E-state index is 12.1. The van der Waals surface area contributed by atoms with Crippen molar-refractivity contribution >= 4 is 21.4 Å². The van der Waals surface area contributed by atoms with Gasteiger partial charge in [0.15, 0.2) is 0 Å². The molecular weight excluding hydrogens is 308 g/mol. The lowest BCUT2D eigenvalue weighted by Gasteiger charge is -2.05. The molecule has 0 atom stereocenters. The summed E-state index contributed by atoms with van der Waals surface area (Å²) in [6.45, 7) is 4.27. The van der Waals surface area contributed by atoms with Crippen LogP contribution in [0.2, 0.25) is 0 Å². The van der Waals surface area contributed by atoms with Crippen LogP contribution in [0.25, 0.3) is 0 Å². The van der Waals surface area contributed by atoms with Crippen molar-refractivity contribution in [1.82, 2.24) is 10.0 Å². The molecule has 0 saturated heterocycles. The van der Waals surface area contributed by atoms with E-state index < -0.39 is 10.0 Å². The zero-order valence-electron chi connectivity index (χ0n) is 12.4. The molecule has 21 heavy (non-hydrogen) atoms. The topological polar surface area (TPSA) is 67.4 Å². The zero-order chi connectivity index (χ0) is 15.1. The number of rotatable bonds is 11. The normalized spacial score (nSPS) is 15.5. The monoisotopic (exact) mass is 332 g/mol. The molecule has 2 N–H and O–H groups in total. The number of hydrogen-bond donors (Lipinski definition) is 2. The first-order valence-corrected chi connectivity index (χ1v) is 9.86. The molecule has 0 unspecified atom stereocenters. The molecule has 2 rings (SSSR count). The van der Waals surface area contributed by atoms with Gasteiger partial charge in [-0.15, -0.1) is 11.3 Å². The van der Waals surface area contributed by atoms with E-state index in [9.17, 15) is 8.42 Å². The Morgan fingerprint density at radius 1 is 1.38 bits per heavy atom. The summed E-state index contributed by atoms with van der Waals surface area (Å²) >= 11 is 1.48. The van der Waals surface area contributed by atoms with E-state index in [1.165, 1.54) is 24.2 Å². The lowest BCUT2D eigenvalue weighted by atomic mass is 10.4. The molecule has 0 aromatic carbocycles. The molecule has 5 nitrogen and oxygen atoms in total. The first-order valence-electron chi connectivity index (χ1n) is 7.50. The summed E-state index contributed by atoms with van der Waals surface area (Å²) < 4.78 is 32.1. The van der Waals surface area contributed by atoms with Crippen molar-refractivity contribution in [3.8, 4) is 0 Å². The first-order chi connectivity index (χ1) is 10.1. The maximum absolute atomic E-state index is 12.1. The highest BCUT2D eigenvalue weighted by Gasteiger charge is 2.21. The molecule has 7 heteroatoms. The summed E-state index contributed by atoms with van der Waals surface area (Å²) in [6, 6.07) is 2.38. The predicted octanol–water partition coefficient (Wildman–Crippen LogP) is 2.10. The molecule has 0 spiro atoms. The van der Waals surface area contributed by atoms with E-state index >= 15 is 0 Å². The van der Waals surface area contributed by atoms with Crippen LogP contribution in [0.15, 0.2) is 16.3 Å². The van der Waals surface area contributed by atoms with E-state index in [0.29, 0.717) is 30.7 Å². The molecule has 1 saturated carbocycles. The van der Waals surface area contributed by atoms with Crippen LogP contribution in [0.5, 0.6) is 0 Å². The Bertz CT molecular complexity index is 524. The molecule has 120 valence electrons. The predicted molar refractivity (Wildman–Crippen MR) is 85.1 cm³/mol. The smallest absolute Gasteiger partial charge is 0.241 e. The number of thiophene rings is 1. The summed E-state index contributed by atoms with van der Waals surface area (Å²) in [5, 5.41) is 5.08. The second-order valence-corrected chi connectivity index (χ2v) is 8.03. The summed E-state index contributed by atoms with van der Waals surface area (Å²) in [4.78, 5) is 1.41. The van der Waals surface area contributed by atoms with Gasteiger partial charge in [-0.25, -0.2) is 13.1 Å². The average molecular weight is 332 g/mol. The van der Waals surface area contributed by atoms with Crippen LogP contribution in [-0.2, 0) is 21.3 Å². The second-order valence-electron chi connectivity index (χ2n) is 5.27. The van der Waals surface area contributed by atoms with E-state index in [1.807, 2.05) is 0 Å². The van der Waals surface area contributed by atoms with Gasteiger partial charge >= 0.3 is 0 Å². The van der Waals surface area contributed by atoms with Gasteiger partial charge in [-0.3, -0.25) is 0 Å². The van der Waals surface area contributed by atoms with Gasteiger partial charge < -0.3 is 10.1 Å². The van der Waals surface area contributed by atoms with Gasteiger partial charge in [0, 0.05) is 36.0 Å². The van der Waals surface area contributed by atoms with Gasteiger partial charge in [0.05, 0.1) is 11.5 Å². The average Bonchev–Trinajstić information content (AvgIpc) is 3.16. The minimum absolute atomic E-state index is 0.317. The molecule has 1 fully saturated rings. The van der Waals surface area contributed by atoms with Gasteiger partial charge in [-0.2, -0.15) is 0 Å². The van der Waals surface area contributed by atoms with Crippen molar-refractivity contribution in [3.63, 3.8) is 0 Å². The van der Waals surface area contributed by atoms with E-state index in [-0.39, 0.29) is 0 Å². The van der Waals surface area contributed by atoms with Gasteiger partial charge in [0.2, 0.25) is 10.0 Å². The molecule has 0 amide bonds. The standard InChI is InChI=1S/C14H24N2O3S2/c1-2-3-7-19-8-6-16-21(17,18)14-9-13(20-11-14)10-15-12-4-5-12/h9,11-12,15-16H,2-8,10H2,1H3. The highest BCUT2D eigenvalue weighted by molar-refractivity contribution is 7.89. The Morgan fingerprint density at radius 2 is 2.19 bits per heavy atom. The van der Waals surface area contributed by atoms with Gasteiger partial charge in [0.1, 0.15) is 0 Å². The fraction of sp³-hybridized carbons (Fsp3) is 0.714. The molecule has 1 heterocycles. The second kappa shape index (κ2) is 8.24. The molecule has 0 radical (unpaired) electrons. The Labute approximate surface area is 131 Å². The molecule has 1 aromatic rings. The van der Waals surface area contributed by atoms with Gasteiger partial charge in [-0.1, -0.05) is 13.3 Å². The van der Waals surface area contributed by atoms with Crippen molar-refractivity contribution in [3.05, 3.63) is 16.3 Å². The van der Waals surface area contributed by atoms with Crippen LogP contribution < -0.4 is 10.0 Å². The summed E-state index contributed by atoms with van der Waals surface area (Å²) in [6.07, 6.45) is 4.55. The first kappa shape index (κ1) is 16.9. The Hall–Kier alpha value is -0.470. The lowest BCUT2D eigenvalue weighted by Crippen LogP contribution is -2.27. The number of unbranched alkanes of at least 4 members (excludes halogenated alkanes) is 1. The van der Waals surface area contributed by atoms with Crippen LogP contribution in [0, 0.1) is 0 Å². The van der Waals surface area contributed by atoms with Crippen molar-refractivity contribution in [1.29, 1.82) is 0 Å². The zero-order valence-corrected chi connectivity index (χ0v) is 14.1. The number of ether oxygens (including phenoxy) is 1. The third-order valence-corrected chi connectivity index (χ3v) is 5.79. The number of nitrogens with one attached hydrogen (secondary N) is 2. The largest absolute Gasteiger partial charge is 0.380 e. The summed E-state index contributed by atoms with van der Waals surface area (Å²) in [5.41, 5.74) is 0. The van der Waals surface area contributed by atoms with Gasteiger partial charge in [-0.05, 0) is 25.3 Å². The minimum atomic E-state index is -3.40. The number of sulfonamides is 1. The van der Waals surface area contributed by atoms with Crippen molar-refractivity contribution < 1.29 is 13.2 Å². The number of hydrogen-bond acceptors (Lipinski definition) is 5. The summed E-state index contributed by atoms with van der Waals surface area (Å²) in [7, 11) is -3.40. The van der Waals surface area contributed by atoms with Crippen molar-refractivity contribution in [2.75, 3.05) is 19.8 Å². The fourth-order valence-corrected chi connectivity index (χ4v) is 4.05. The third kappa shape index (κ3) is 6.04. The molecule has 1 aliphatic carbocycles. The van der Waals surface area contributed by atoms with Gasteiger partial charge in [0.25, 0.3) is 0 Å². The quantitative estimate of drug-likeness (QED) is 0.609. The molecule has 0 aliphatic heterocycles. The van der Waals surface area contributed by atoms with Crippen LogP contribution in [0.1, 0.15) is 37.5 Å². The van der Waals surface area contributed by atoms with Crippen LogP contribution in [0.3, 0.4) is 0 Å². The molecular formula is C14H24N2O3S2. The summed E-state index contributed by atoms with van der Waals surface area (Å²) in [5.74, 6) is 0. The molecule has 0 bridgehead atoms. The van der Waals surface area contributed by atoms with Crippen molar-refractivity contribution in [2.24, 2.45) is 0 Å². The molecule has 1 aromatic heterocycles. The fourth-order valence-electron chi connectivity index (χ4n) is 1.81. The highest BCUT2D eigenvalue weighted by Crippen LogP contribution is 2.22. The van der Waals surface area contributed by atoms with E-state index in [0.717, 1.165) is 24.3 Å². The van der Waals surface area contributed by atoms with E-state index in [2.05, 4.69) is 17.0 Å².